The fourth-order valence-corrected chi connectivity index (χ4v) is 6.10. The molecule has 0 aliphatic carbocycles. The normalized spacial score (nSPS) is 19.8. The van der Waals surface area contributed by atoms with Crippen molar-refractivity contribution in [2.75, 3.05) is 19.7 Å². The SMILES string of the molecule is CC(=O)c1ccc2nc(CN3CCC(c4cccc5c4O[C@@](C)(c4ccc(Cl)cn4)O5)CC3)n(CC(O)CCO)c2c1. The number of aliphatic hydroxyl groups is 2. The van der Waals surface area contributed by atoms with Crippen LogP contribution in [0.3, 0.4) is 0 Å². The fraction of sp³-hybridized carbons (Fsp3) is 0.406. The van der Waals surface area contributed by atoms with Gasteiger partial charge in [-0.05, 0) is 81.6 Å². The lowest BCUT2D eigenvalue weighted by molar-refractivity contribution is -0.0722. The second-order valence-electron chi connectivity index (χ2n) is 11.3. The maximum Gasteiger partial charge on any atom is 0.292 e. The second kappa shape index (κ2) is 11.6. The monoisotopic (exact) mass is 590 g/mol. The molecule has 220 valence electrons. The van der Waals surface area contributed by atoms with Crippen molar-refractivity contribution in [1.82, 2.24) is 19.4 Å². The minimum Gasteiger partial charge on any atom is -0.443 e. The summed E-state index contributed by atoms with van der Waals surface area (Å²) in [7, 11) is 0. The van der Waals surface area contributed by atoms with E-state index in [4.69, 9.17) is 26.1 Å². The molecular formula is C32H35ClN4O5. The van der Waals surface area contributed by atoms with E-state index >= 15 is 0 Å². The number of benzene rings is 2. The molecule has 2 atom stereocenters. The third-order valence-corrected chi connectivity index (χ3v) is 8.51. The molecular weight excluding hydrogens is 556 g/mol. The van der Waals surface area contributed by atoms with Gasteiger partial charge in [0.25, 0.3) is 5.79 Å². The van der Waals surface area contributed by atoms with Crippen LogP contribution >= 0.6 is 11.6 Å². The third-order valence-electron chi connectivity index (χ3n) is 8.29. The smallest absolute Gasteiger partial charge is 0.292 e. The predicted octanol–water partition coefficient (Wildman–Crippen LogP) is 5.05. The summed E-state index contributed by atoms with van der Waals surface area (Å²) in [5.41, 5.74) is 4.01. The minimum absolute atomic E-state index is 0.0179. The molecule has 2 N–H and O–H groups in total. The average Bonchev–Trinajstić information content (AvgIpc) is 3.50. The predicted molar refractivity (Wildman–Crippen MR) is 159 cm³/mol. The molecule has 2 aliphatic heterocycles. The van der Waals surface area contributed by atoms with E-state index in [0.29, 0.717) is 41.0 Å². The van der Waals surface area contributed by atoms with Crippen LogP contribution in [0.4, 0.5) is 0 Å². The molecule has 9 nitrogen and oxygen atoms in total. The number of Topliss-reactive ketones (excluding diaryl/α,β-unsaturated/α-hetero) is 1. The van der Waals surface area contributed by atoms with Crippen molar-refractivity contribution in [3.05, 3.63) is 82.4 Å². The van der Waals surface area contributed by atoms with Crippen molar-refractivity contribution in [1.29, 1.82) is 0 Å². The van der Waals surface area contributed by atoms with Crippen molar-refractivity contribution in [3.8, 4) is 11.5 Å². The summed E-state index contributed by atoms with van der Waals surface area (Å²) >= 11 is 6.04. The first-order valence-electron chi connectivity index (χ1n) is 14.4. The van der Waals surface area contributed by atoms with Gasteiger partial charge in [-0.25, -0.2) is 4.98 Å². The van der Waals surface area contributed by atoms with E-state index in [-0.39, 0.29) is 18.8 Å². The Bertz CT molecular complexity index is 1600. The van der Waals surface area contributed by atoms with Crippen LogP contribution < -0.4 is 9.47 Å². The molecule has 4 aromatic rings. The van der Waals surface area contributed by atoms with E-state index in [1.807, 2.05) is 41.8 Å². The topological polar surface area (TPSA) is 110 Å². The zero-order valence-electron chi connectivity index (χ0n) is 23.8. The summed E-state index contributed by atoms with van der Waals surface area (Å²) in [6, 6.07) is 15.2. The van der Waals surface area contributed by atoms with Gasteiger partial charge in [0.05, 0.1) is 35.2 Å². The maximum absolute atomic E-state index is 12.0. The molecule has 0 saturated carbocycles. The van der Waals surface area contributed by atoms with E-state index in [1.165, 1.54) is 0 Å². The number of hydrogen-bond donors (Lipinski definition) is 2. The van der Waals surface area contributed by atoms with Crippen LogP contribution in [0.25, 0.3) is 11.0 Å². The summed E-state index contributed by atoms with van der Waals surface area (Å²) in [5, 5.41) is 20.4. The highest BCUT2D eigenvalue weighted by Crippen LogP contribution is 2.49. The highest BCUT2D eigenvalue weighted by Gasteiger charge is 2.42. The summed E-state index contributed by atoms with van der Waals surface area (Å²) in [5.74, 6) is 1.60. The van der Waals surface area contributed by atoms with E-state index in [1.54, 1.807) is 25.3 Å². The largest absolute Gasteiger partial charge is 0.443 e. The van der Waals surface area contributed by atoms with Crippen LogP contribution in [0.5, 0.6) is 11.5 Å². The molecule has 10 heteroatoms. The van der Waals surface area contributed by atoms with Gasteiger partial charge in [0.15, 0.2) is 17.3 Å². The van der Waals surface area contributed by atoms with Crippen LogP contribution in [0.2, 0.25) is 5.02 Å². The number of ether oxygens (including phenoxy) is 2. The second-order valence-corrected chi connectivity index (χ2v) is 11.7. The molecule has 4 heterocycles. The number of nitrogens with zero attached hydrogens (tertiary/aromatic N) is 4. The molecule has 1 unspecified atom stereocenters. The van der Waals surface area contributed by atoms with Crippen LogP contribution in [0.15, 0.2) is 54.7 Å². The van der Waals surface area contributed by atoms with Gasteiger partial charge >= 0.3 is 0 Å². The van der Waals surface area contributed by atoms with Crippen LogP contribution in [-0.4, -0.2) is 61.2 Å². The van der Waals surface area contributed by atoms with Crippen LogP contribution in [0.1, 0.15) is 66.5 Å². The molecule has 0 bridgehead atoms. The molecule has 6 rings (SSSR count). The highest BCUT2D eigenvalue weighted by atomic mass is 35.5. The van der Waals surface area contributed by atoms with Crippen LogP contribution in [-0.2, 0) is 18.9 Å². The van der Waals surface area contributed by atoms with E-state index < -0.39 is 11.9 Å². The van der Waals surface area contributed by atoms with E-state index in [9.17, 15) is 15.0 Å². The Morgan fingerprint density at radius 3 is 2.69 bits per heavy atom. The fourth-order valence-electron chi connectivity index (χ4n) is 5.99. The zero-order chi connectivity index (χ0) is 29.4. The number of piperidine rings is 1. The highest BCUT2D eigenvalue weighted by molar-refractivity contribution is 6.30. The first-order valence-corrected chi connectivity index (χ1v) is 14.8. The Labute approximate surface area is 249 Å². The molecule has 1 saturated heterocycles. The number of imidazole rings is 1. The molecule has 1 fully saturated rings. The Kier molecular flexibility index (Phi) is 7.93. The van der Waals surface area contributed by atoms with Gasteiger partial charge in [-0.1, -0.05) is 23.7 Å². The number of aromatic nitrogens is 3. The number of halogens is 1. The maximum atomic E-state index is 12.0. The molecule has 2 aromatic heterocycles. The number of likely N-dealkylation sites (tertiary alicyclic amines) is 1. The zero-order valence-corrected chi connectivity index (χ0v) is 24.5. The quantitative estimate of drug-likeness (QED) is 0.261. The number of ketones is 1. The Morgan fingerprint density at radius 2 is 1.98 bits per heavy atom. The number of rotatable bonds is 9. The molecule has 2 aliphatic rings. The molecule has 0 spiro atoms. The number of aliphatic hydroxyl groups excluding tert-OH is 2. The Balaban J connectivity index is 1.18. The van der Waals surface area contributed by atoms with Gasteiger partial charge in [-0.15, -0.1) is 0 Å². The van der Waals surface area contributed by atoms with E-state index in [0.717, 1.165) is 54.1 Å². The summed E-state index contributed by atoms with van der Waals surface area (Å²) in [6.45, 7) is 5.98. The summed E-state index contributed by atoms with van der Waals surface area (Å²) in [4.78, 5) is 23.7. The number of pyridine rings is 1. The van der Waals surface area contributed by atoms with Crippen molar-refractivity contribution in [2.24, 2.45) is 0 Å². The van der Waals surface area contributed by atoms with Crippen molar-refractivity contribution in [3.63, 3.8) is 0 Å². The van der Waals surface area contributed by atoms with Gasteiger partial charge < -0.3 is 24.3 Å². The summed E-state index contributed by atoms with van der Waals surface area (Å²) in [6.07, 6.45) is 3.04. The third kappa shape index (κ3) is 5.62. The number of fused-ring (bicyclic) bond motifs is 2. The minimum atomic E-state index is -1.02. The van der Waals surface area contributed by atoms with Gasteiger partial charge in [0, 0.05) is 30.9 Å². The Morgan fingerprint density at radius 1 is 1.17 bits per heavy atom. The van der Waals surface area contributed by atoms with Crippen molar-refractivity contribution >= 4 is 28.4 Å². The van der Waals surface area contributed by atoms with Gasteiger partial charge in [0.2, 0.25) is 0 Å². The van der Waals surface area contributed by atoms with Crippen molar-refractivity contribution < 1.29 is 24.5 Å². The number of para-hydroxylation sites is 1. The standard InChI is InChI=1S/C32H35ClN4O5/c1-20(39)22-6-8-26-27(16-22)37(18-24(40)12-15-38)30(35-26)19-36-13-10-21(11-14-36)25-4-3-5-28-31(25)42-32(2,41-28)29-9-7-23(33)17-34-29/h3-9,16-17,21,24,38,40H,10-15,18-19H2,1-2H3/t24?,32-/m0/s1. The van der Waals surface area contributed by atoms with Gasteiger partial charge in [-0.2, -0.15) is 0 Å². The van der Waals surface area contributed by atoms with E-state index in [2.05, 4.69) is 16.0 Å². The van der Waals surface area contributed by atoms with Gasteiger partial charge in [-0.3, -0.25) is 14.7 Å². The van der Waals surface area contributed by atoms with Gasteiger partial charge in [0.1, 0.15) is 11.5 Å². The lowest BCUT2D eigenvalue weighted by Gasteiger charge is -2.32. The number of hydrogen-bond acceptors (Lipinski definition) is 8. The lowest BCUT2D eigenvalue weighted by Crippen LogP contribution is -2.34. The molecule has 42 heavy (non-hydrogen) atoms. The Hall–Kier alpha value is -3.50. The summed E-state index contributed by atoms with van der Waals surface area (Å²) < 4.78 is 14.7. The average molecular weight is 591 g/mol. The molecule has 0 radical (unpaired) electrons. The van der Waals surface area contributed by atoms with Crippen molar-refractivity contribution in [2.45, 2.75) is 64.0 Å². The number of carbonyl (C=O) groups excluding carboxylic acids is 1. The number of carbonyl (C=O) groups is 1. The first-order chi connectivity index (χ1) is 20.2. The first kappa shape index (κ1) is 28.6. The molecule has 2 aromatic carbocycles. The van der Waals surface area contributed by atoms with Crippen LogP contribution in [0, 0.1) is 0 Å². The molecule has 0 amide bonds. The lowest BCUT2D eigenvalue weighted by atomic mass is 9.88.